The Morgan fingerprint density at radius 3 is 2.50 bits per heavy atom. The zero-order valence-electron chi connectivity index (χ0n) is 8.66. The van der Waals surface area contributed by atoms with Crippen molar-refractivity contribution >= 4 is 5.71 Å². The number of benzene rings is 1. The van der Waals surface area contributed by atoms with Gasteiger partial charge < -0.3 is 10.6 Å². The molecule has 76 valence electrons. The van der Waals surface area contributed by atoms with Gasteiger partial charge in [0.05, 0.1) is 12.3 Å². The number of nitrogens with zero attached hydrogens (tertiary/aromatic N) is 1. The molecule has 0 amide bonds. The number of nitrogens with two attached hydrogens (primary N) is 1. The molecule has 0 aliphatic heterocycles. The molecule has 3 nitrogen and oxygen atoms in total. The zero-order valence-corrected chi connectivity index (χ0v) is 8.66. The summed E-state index contributed by atoms with van der Waals surface area (Å²) in [7, 11) is 0. The predicted molar refractivity (Wildman–Crippen MR) is 58.6 cm³/mol. The van der Waals surface area contributed by atoms with E-state index in [1.54, 1.807) is 0 Å². The first-order valence-corrected chi connectivity index (χ1v) is 4.75. The fraction of sp³-hybridized carbons (Fsp3) is 0.364. The third kappa shape index (κ3) is 2.76. The molecule has 0 aliphatic carbocycles. The van der Waals surface area contributed by atoms with Crippen LogP contribution < -0.4 is 10.6 Å². The Labute approximate surface area is 84.6 Å². The molecule has 1 aromatic rings. The van der Waals surface area contributed by atoms with Crippen LogP contribution in [0.4, 0.5) is 0 Å². The highest BCUT2D eigenvalue weighted by Gasteiger charge is 1.97. The van der Waals surface area contributed by atoms with Gasteiger partial charge in [-0.2, -0.15) is 5.10 Å². The van der Waals surface area contributed by atoms with Gasteiger partial charge in [-0.05, 0) is 43.2 Å². The molecule has 0 unspecified atom stereocenters. The smallest absolute Gasteiger partial charge is 0.119 e. The molecule has 0 aliphatic rings. The molecule has 2 N–H and O–H groups in total. The first-order chi connectivity index (χ1) is 6.77. The van der Waals surface area contributed by atoms with E-state index < -0.39 is 0 Å². The third-order valence-electron chi connectivity index (χ3n) is 1.94. The second-order valence-corrected chi connectivity index (χ2v) is 3.09. The monoisotopic (exact) mass is 192 g/mol. The van der Waals surface area contributed by atoms with Gasteiger partial charge in [0.2, 0.25) is 0 Å². The molecular weight excluding hydrogens is 176 g/mol. The Hall–Kier alpha value is -1.51. The van der Waals surface area contributed by atoms with E-state index in [1.807, 2.05) is 31.2 Å². The van der Waals surface area contributed by atoms with E-state index >= 15 is 0 Å². The van der Waals surface area contributed by atoms with E-state index in [0.29, 0.717) is 0 Å². The number of rotatable bonds is 4. The van der Waals surface area contributed by atoms with E-state index in [9.17, 15) is 0 Å². The van der Waals surface area contributed by atoms with Crippen LogP contribution in [0.15, 0.2) is 29.4 Å². The molecule has 0 atom stereocenters. The van der Waals surface area contributed by atoms with Gasteiger partial charge in [0.1, 0.15) is 5.75 Å². The highest BCUT2D eigenvalue weighted by Crippen LogP contribution is 2.12. The van der Waals surface area contributed by atoms with Crippen molar-refractivity contribution in [3.8, 4) is 5.75 Å². The molecule has 0 heterocycles. The van der Waals surface area contributed by atoms with Crippen molar-refractivity contribution in [3.63, 3.8) is 0 Å². The molecule has 0 radical (unpaired) electrons. The molecule has 0 aromatic heterocycles. The van der Waals surface area contributed by atoms with Gasteiger partial charge in [0.15, 0.2) is 0 Å². The van der Waals surface area contributed by atoms with Gasteiger partial charge in [0, 0.05) is 0 Å². The van der Waals surface area contributed by atoms with Crippen LogP contribution in [-0.2, 0) is 0 Å². The summed E-state index contributed by atoms with van der Waals surface area (Å²) in [6.45, 7) is 4.71. The molecular formula is C11H16N2O. The molecule has 0 spiro atoms. The van der Waals surface area contributed by atoms with E-state index in [2.05, 4.69) is 12.0 Å². The van der Waals surface area contributed by atoms with Crippen molar-refractivity contribution in [3.05, 3.63) is 29.8 Å². The van der Waals surface area contributed by atoms with Crippen LogP contribution in [0, 0.1) is 0 Å². The van der Waals surface area contributed by atoms with Crippen molar-refractivity contribution in [2.45, 2.75) is 20.3 Å². The van der Waals surface area contributed by atoms with E-state index in [1.165, 1.54) is 0 Å². The summed E-state index contributed by atoms with van der Waals surface area (Å²) in [6.07, 6.45) is 1.02. The molecule has 3 heteroatoms. The van der Waals surface area contributed by atoms with Crippen molar-refractivity contribution < 1.29 is 4.74 Å². The molecule has 1 rings (SSSR count). The predicted octanol–water partition coefficient (Wildman–Crippen LogP) is 2.16. The van der Waals surface area contributed by atoms with Crippen molar-refractivity contribution in [1.82, 2.24) is 0 Å². The van der Waals surface area contributed by atoms with Crippen LogP contribution in [0.3, 0.4) is 0 Å². The summed E-state index contributed by atoms with van der Waals surface area (Å²) >= 11 is 0. The van der Waals surface area contributed by atoms with Crippen LogP contribution >= 0.6 is 0 Å². The summed E-state index contributed by atoms with van der Waals surface area (Å²) in [4.78, 5) is 0. The fourth-order valence-electron chi connectivity index (χ4n) is 1.09. The average molecular weight is 192 g/mol. The number of hydrogen-bond acceptors (Lipinski definition) is 3. The normalized spacial score (nSPS) is 11.4. The first-order valence-electron chi connectivity index (χ1n) is 4.75. The van der Waals surface area contributed by atoms with Gasteiger partial charge in [0.25, 0.3) is 0 Å². The largest absolute Gasteiger partial charge is 0.494 e. The maximum atomic E-state index is 5.45. The van der Waals surface area contributed by atoms with Gasteiger partial charge in [-0.3, -0.25) is 0 Å². The van der Waals surface area contributed by atoms with E-state index in [0.717, 1.165) is 30.1 Å². The average Bonchev–Trinajstić information content (AvgIpc) is 2.26. The minimum absolute atomic E-state index is 0.753. The molecule has 0 bridgehead atoms. The van der Waals surface area contributed by atoms with Crippen LogP contribution in [0.2, 0.25) is 0 Å². The summed E-state index contributed by atoms with van der Waals surface area (Å²) in [5.41, 5.74) is 1.85. The highest BCUT2D eigenvalue weighted by molar-refractivity contribution is 5.98. The summed E-state index contributed by atoms with van der Waals surface area (Å²) < 4.78 is 5.45. The maximum absolute atomic E-state index is 5.45. The Bertz CT molecular complexity index is 304. The highest BCUT2D eigenvalue weighted by atomic mass is 16.5. The minimum Gasteiger partial charge on any atom is -0.494 e. The lowest BCUT2D eigenvalue weighted by Gasteiger charge is -2.05. The second-order valence-electron chi connectivity index (χ2n) is 3.09. The van der Waals surface area contributed by atoms with Gasteiger partial charge >= 0.3 is 0 Å². The van der Waals surface area contributed by atoms with Crippen LogP contribution in [0.25, 0.3) is 0 Å². The lowest BCUT2D eigenvalue weighted by molar-refractivity contribution is 0.317. The summed E-state index contributed by atoms with van der Waals surface area (Å²) in [5.74, 6) is 6.07. The standard InChI is InChI=1S/C11H16N2O/c1-3-8-14-11-6-4-10(5-7-11)9(2)13-12/h4-7H,3,8,12H2,1-2H3/b13-9+. The quantitative estimate of drug-likeness (QED) is 0.451. The molecule has 0 saturated carbocycles. The summed E-state index contributed by atoms with van der Waals surface area (Å²) in [6, 6.07) is 7.77. The SMILES string of the molecule is CCCOc1ccc(/C(C)=N/N)cc1. The van der Waals surface area contributed by atoms with Crippen molar-refractivity contribution in [1.29, 1.82) is 0 Å². The Balaban J connectivity index is 2.68. The summed E-state index contributed by atoms with van der Waals surface area (Å²) in [5, 5.41) is 3.63. The Morgan fingerprint density at radius 2 is 2.00 bits per heavy atom. The maximum Gasteiger partial charge on any atom is 0.119 e. The zero-order chi connectivity index (χ0) is 10.4. The van der Waals surface area contributed by atoms with Gasteiger partial charge in [-0.15, -0.1) is 0 Å². The van der Waals surface area contributed by atoms with E-state index in [-0.39, 0.29) is 0 Å². The molecule has 0 fully saturated rings. The minimum atomic E-state index is 0.753. The fourth-order valence-corrected chi connectivity index (χ4v) is 1.09. The Morgan fingerprint density at radius 1 is 1.36 bits per heavy atom. The van der Waals surface area contributed by atoms with Crippen molar-refractivity contribution in [2.75, 3.05) is 6.61 Å². The number of hydrogen-bond donors (Lipinski definition) is 1. The van der Waals surface area contributed by atoms with Crippen LogP contribution in [0.5, 0.6) is 5.75 Å². The van der Waals surface area contributed by atoms with Crippen molar-refractivity contribution in [2.24, 2.45) is 10.9 Å². The number of hydrazone groups is 1. The third-order valence-corrected chi connectivity index (χ3v) is 1.94. The Kier molecular flexibility index (Phi) is 3.98. The van der Waals surface area contributed by atoms with Gasteiger partial charge in [-0.1, -0.05) is 6.92 Å². The number of ether oxygens (including phenoxy) is 1. The lowest BCUT2D eigenvalue weighted by atomic mass is 10.1. The first kappa shape index (κ1) is 10.6. The van der Waals surface area contributed by atoms with Crippen LogP contribution in [-0.4, -0.2) is 12.3 Å². The molecule has 14 heavy (non-hydrogen) atoms. The topological polar surface area (TPSA) is 47.6 Å². The molecule has 0 saturated heterocycles. The lowest BCUT2D eigenvalue weighted by Crippen LogP contribution is -1.99. The van der Waals surface area contributed by atoms with Crippen LogP contribution in [0.1, 0.15) is 25.8 Å². The molecule has 1 aromatic carbocycles. The van der Waals surface area contributed by atoms with Gasteiger partial charge in [-0.25, -0.2) is 0 Å². The second kappa shape index (κ2) is 5.27. The van der Waals surface area contributed by atoms with E-state index in [4.69, 9.17) is 10.6 Å².